The number of nitrogens with zero attached hydrogens (tertiary/aromatic N) is 3. The molecule has 1 aromatic heterocycles. The van der Waals surface area contributed by atoms with Crippen molar-refractivity contribution < 1.29 is 0 Å². The van der Waals surface area contributed by atoms with Crippen molar-refractivity contribution in [3.8, 4) is 0 Å². The Hall–Kier alpha value is -1.32. The predicted octanol–water partition coefficient (Wildman–Crippen LogP) is 2.53. The second-order valence-electron chi connectivity index (χ2n) is 4.70. The van der Waals surface area contributed by atoms with E-state index in [-0.39, 0.29) is 0 Å². The molecule has 0 aliphatic carbocycles. The Labute approximate surface area is 103 Å². The van der Waals surface area contributed by atoms with Gasteiger partial charge in [-0.05, 0) is 25.2 Å². The molecule has 1 atom stereocenters. The van der Waals surface area contributed by atoms with Gasteiger partial charge in [0.05, 0.1) is 12.4 Å². The van der Waals surface area contributed by atoms with Gasteiger partial charge in [-0.2, -0.15) is 0 Å². The second kappa shape index (κ2) is 5.84. The van der Waals surface area contributed by atoms with Gasteiger partial charge in [0.2, 0.25) is 0 Å². The number of nitrogens with one attached hydrogen (secondary N) is 1. The molecule has 1 fully saturated rings. The van der Waals surface area contributed by atoms with Crippen molar-refractivity contribution in [2.75, 3.05) is 30.4 Å². The van der Waals surface area contributed by atoms with Crippen LogP contribution in [0.5, 0.6) is 0 Å². The SMILES string of the molecule is CCC1CCCN(c2cncc(NC)n2)CC1. The van der Waals surface area contributed by atoms with Crippen LogP contribution in [0.2, 0.25) is 0 Å². The third kappa shape index (κ3) is 3.08. The van der Waals surface area contributed by atoms with Crippen molar-refractivity contribution >= 4 is 11.6 Å². The Balaban J connectivity index is 2.05. The monoisotopic (exact) mass is 234 g/mol. The molecule has 1 aliphatic heterocycles. The van der Waals surface area contributed by atoms with E-state index in [2.05, 4.69) is 27.1 Å². The lowest BCUT2D eigenvalue weighted by Crippen LogP contribution is -2.25. The quantitative estimate of drug-likeness (QED) is 0.872. The topological polar surface area (TPSA) is 41.1 Å². The Morgan fingerprint density at radius 2 is 2.24 bits per heavy atom. The first-order valence-corrected chi connectivity index (χ1v) is 6.58. The first kappa shape index (κ1) is 12.1. The normalized spacial score (nSPS) is 21.1. The Kier molecular flexibility index (Phi) is 4.18. The first-order chi connectivity index (χ1) is 8.33. The second-order valence-corrected chi connectivity index (χ2v) is 4.70. The maximum atomic E-state index is 4.56. The van der Waals surface area contributed by atoms with E-state index < -0.39 is 0 Å². The van der Waals surface area contributed by atoms with Gasteiger partial charge < -0.3 is 10.2 Å². The van der Waals surface area contributed by atoms with Crippen LogP contribution < -0.4 is 10.2 Å². The van der Waals surface area contributed by atoms with Gasteiger partial charge in [0.15, 0.2) is 0 Å². The van der Waals surface area contributed by atoms with Gasteiger partial charge >= 0.3 is 0 Å². The Bertz CT molecular complexity index is 353. The smallest absolute Gasteiger partial charge is 0.149 e. The fraction of sp³-hybridized carbons (Fsp3) is 0.692. The van der Waals surface area contributed by atoms with Gasteiger partial charge in [0, 0.05) is 20.1 Å². The predicted molar refractivity (Wildman–Crippen MR) is 71.4 cm³/mol. The maximum absolute atomic E-state index is 4.56. The zero-order valence-corrected chi connectivity index (χ0v) is 10.8. The molecule has 1 N–H and O–H groups in total. The van der Waals surface area contributed by atoms with Crippen LogP contribution in [0.25, 0.3) is 0 Å². The van der Waals surface area contributed by atoms with Gasteiger partial charge in [0.25, 0.3) is 0 Å². The fourth-order valence-electron chi connectivity index (χ4n) is 2.43. The van der Waals surface area contributed by atoms with E-state index in [1.54, 1.807) is 6.20 Å². The molecule has 2 heterocycles. The van der Waals surface area contributed by atoms with E-state index in [0.29, 0.717) is 0 Å². The zero-order chi connectivity index (χ0) is 12.1. The van der Waals surface area contributed by atoms with E-state index >= 15 is 0 Å². The molecular weight excluding hydrogens is 212 g/mol. The number of anilines is 2. The van der Waals surface area contributed by atoms with Crippen molar-refractivity contribution in [1.29, 1.82) is 0 Å². The fourth-order valence-corrected chi connectivity index (χ4v) is 2.43. The molecule has 1 aliphatic rings. The molecule has 0 spiro atoms. The summed E-state index contributed by atoms with van der Waals surface area (Å²) in [5.41, 5.74) is 0. The zero-order valence-electron chi connectivity index (χ0n) is 10.8. The Morgan fingerprint density at radius 1 is 1.35 bits per heavy atom. The number of hydrogen-bond donors (Lipinski definition) is 1. The molecule has 1 unspecified atom stereocenters. The average Bonchev–Trinajstić information content (AvgIpc) is 2.64. The van der Waals surface area contributed by atoms with Crippen LogP contribution in [0, 0.1) is 5.92 Å². The summed E-state index contributed by atoms with van der Waals surface area (Å²) >= 11 is 0. The molecule has 2 rings (SSSR count). The molecule has 0 radical (unpaired) electrons. The molecule has 94 valence electrons. The molecule has 4 heteroatoms. The third-order valence-corrected chi connectivity index (χ3v) is 3.63. The van der Waals surface area contributed by atoms with Gasteiger partial charge in [0.1, 0.15) is 11.6 Å². The lowest BCUT2D eigenvalue weighted by atomic mass is 9.98. The van der Waals surface area contributed by atoms with Crippen LogP contribution in [0.4, 0.5) is 11.6 Å². The van der Waals surface area contributed by atoms with Crippen LogP contribution in [0.1, 0.15) is 32.6 Å². The molecule has 0 saturated carbocycles. The lowest BCUT2D eigenvalue weighted by molar-refractivity contribution is 0.459. The van der Waals surface area contributed by atoms with Crippen molar-refractivity contribution in [2.24, 2.45) is 5.92 Å². The summed E-state index contributed by atoms with van der Waals surface area (Å²) in [5.74, 6) is 2.74. The maximum Gasteiger partial charge on any atom is 0.149 e. The van der Waals surface area contributed by atoms with Crippen LogP contribution >= 0.6 is 0 Å². The molecule has 1 saturated heterocycles. The summed E-state index contributed by atoms with van der Waals surface area (Å²) in [6.07, 6.45) is 8.83. The van der Waals surface area contributed by atoms with E-state index in [9.17, 15) is 0 Å². The van der Waals surface area contributed by atoms with E-state index in [0.717, 1.165) is 30.6 Å². The van der Waals surface area contributed by atoms with Crippen LogP contribution in [0.3, 0.4) is 0 Å². The van der Waals surface area contributed by atoms with E-state index in [1.165, 1.54) is 25.7 Å². The summed E-state index contributed by atoms with van der Waals surface area (Å²) in [4.78, 5) is 11.2. The number of rotatable bonds is 3. The minimum atomic E-state index is 0.846. The summed E-state index contributed by atoms with van der Waals surface area (Å²) in [7, 11) is 1.88. The molecular formula is C13H22N4. The van der Waals surface area contributed by atoms with Crippen molar-refractivity contribution in [3.05, 3.63) is 12.4 Å². The highest BCUT2D eigenvalue weighted by molar-refractivity contribution is 5.43. The molecule has 17 heavy (non-hydrogen) atoms. The highest BCUT2D eigenvalue weighted by Crippen LogP contribution is 2.23. The first-order valence-electron chi connectivity index (χ1n) is 6.58. The average molecular weight is 234 g/mol. The van der Waals surface area contributed by atoms with E-state index in [1.807, 2.05) is 13.2 Å². The molecule has 0 bridgehead atoms. The third-order valence-electron chi connectivity index (χ3n) is 3.63. The minimum absolute atomic E-state index is 0.846. The van der Waals surface area contributed by atoms with Gasteiger partial charge in [-0.3, -0.25) is 4.98 Å². The number of aromatic nitrogens is 2. The summed E-state index contributed by atoms with van der Waals surface area (Å²) < 4.78 is 0. The largest absolute Gasteiger partial charge is 0.372 e. The van der Waals surface area contributed by atoms with Gasteiger partial charge in [-0.15, -0.1) is 0 Å². The highest BCUT2D eigenvalue weighted by Gasteiger charge is 2.17. The summed E-state index contributed by atoms with van der Waals surface area (Å²) in [5, 5.41) is 3.04. The van der Waals surface area contributed by atoms with Gasteiger partial charge in [-0.1, -0.05) is 13.3 Å². The highest BCUT2D eigenvalue weighted by atomic mass is 15.2. The summed E-state index contributed by atoms with van der Waals surface area (Å²) in [6, 6.07) is 0. The summed E-state index contributed by atoms with van der Waals surface area (Å²) in [6.45, 7) is 4.51. The molecule has 0 aromatic carbocycles. The minimum Gasteiger partial charge on any atom is -0.372 e. The van der Waals surface area contributed by atoms with Crippen LogP contribution in [-0.4, -0.2) is 30.1 Å². The Morgan fingerprint density at radius 3 is 3.00 bits per heavy atom. The lowest BCUT2D eigenvalue weighted by Gasteiger charge is -2.21. The molecule has 0 amide bonds. The van der Waals surface area contributed by atoms with Crippen molar-refractivity contribution in [2.45, 2.75) is 32.6 Å². The van der Waals surface area contributed by atoms with Crippen LogP contribution in [0.15, 0.2) is 12.4 Å². The molecule has 1 aromatic rings. The van der Waals surface area contributed by atoms with Crippen molar-refractivity contribution in [3.63, 3.8) is 0 Å². The standard InChI is InChI=1S/C13H22N4/c1-3-11-5-4-7-17(8-6-11)13-10-15-9-12(14-2)16-13/h9-11H,3-8H2,1-2H3,(H,14,16). The van der Waals surface area contributed by atoms with Gasteiger partial charge in [-0.25, -0.2) is 4.98 Å². The van der Waals surface area contributed by atoms with Crippen molar-refractivity contribution in [1.82, 2.24) is 9.97 Å². The van der Waals surface area contributed by atoms with Crippen LogP contribution in [-0.2, 0) is 0 Å². The van der Waals surface area contributed by atoms with E-state index in [4.69, 9.17) is 0 Å². The number of hydrogen-bond acceptors (Lipinski definition) is 4. The molecule has 4 nitrogen and oxygen atoms in total.